The Hall–Kier alpha value is -0.870. The van der Waals surface area contributed by atoms with Gasteiger partial charge in [0, 0.05) is 16.2 Å². The van der Waals surface area contributed by atoms with Crippen LogP contribution in [0.3, 0.4) is 0 Å². The van der Waals surface area contributed by atoms with Gasteiger partial charge in [0.15, 0.2) is 0 Å². The molecule has 1 aromatic rings. The number of hydrogen-bond acceptors (Lipinski definition) is 2. The minimum absolute atomic E-state index is 0.0256. The lowest BCUT2D eigenvalue weighted by Gasteiger charge is -2.24. The van der Waals surface area contributed by atoms with E-state index in [0.717, 1.165) is 22.1 Å². The topological polar surface area (TPSA) is 41.1 Å². The third-order valence-electron chi connectivity index (χ3n) is 4.49. The van der Waals surface area contributed by atoms with Gasteiger partial charge in [-0.25, -0.2) is 0 Å². The second-order valence-electron chi connectivity index (χ2n) is 6.11. The zero-order valence-electron chi connectivity index (χ0n) is 11.8. The number of halogens is 1. The third kappa shape index (κ3) is 3.07. The standard InChI is InChI=1S/C16H21BrN2O/c1-10-6-12(17)9-13(7-10)18-16(20)15-8-11-4-2-3-5-14(11)19-15/h6-7,9,11,14-15,19H,2-5,8H2,1H3,(H,18,20). The highest BCUT2D eigenvalue weighted by Crippen LogP contribution is 2.33. The molecule has 2 aliphatic rings. The SMILES string of the molecule is Cc1cc(Br)cc(NC(=O)C2CC3CCCCC3N2)c1. The minimum Gasteiger partial charge on any atom is -0.325 e. The molecular formula is C16H21BrN2O. The van der Waals surface area contributed by atoms with Crippen LogP contribution in [0.4, 0.5) is 5.69 Å². The first-order chi connectivity index (χ1) is 9.61. The predicted octanol–water partition coefficient (Wildman–Crippen LogP) is 3.62. The molecule has 1 aliphatic carbocycles. The van der Waals surface area contributed by atoms with Crippen LogP contribution < -0.4 is 10.6 Å². The van der Waals surface area contributed by atoms with Gasteiger partial charge in [-0.1, -0.05) is 28.8 Å². The maximum Gasteiger partial charge on any atom is 0.241 e. The second kappa shape index (κ2) is 5.86. The lowest BCUT2D eigenvalue weighted by atomic mass is 9.85. The highest BCUT2D eigenvalue weighted by atomic mass is 79.9. The molecule has 0 radical (unpaired) electrons. The lowest BCUT2D eigenvalue weighted by molar-refractivity contribution is -0.117. The Labute approximate surface area is 128 Å². The van der Waals surface area contributed by atoms with Crippen molar-refractivity contribution in [1.29, 1.82) is 0 Å². The molecule has 1 amide bonds. The summed E-state index contributed by atoms with van der Waals surface area (Å²) in [7, 11) is 0. The van der Waals surface area contributed by atoms with Crippen LogP contribution in [-0.4, -0.2) is 18.0 Å². The quantitative estimate of drug-likeness (QED) is 0.865. The molecule has 3 unspecified atom stereocenters. The van der Waals surface area contributed by atoms with Gasteiger partial charge >= 0.3 is 0 Å². The van der Waals surface area contributed by atoms with Crippen LogP contribution >= 0.6 is 15.9 Å². The van der Waals surface area contributed by atoms with E-state index in [1.165, 1.54) is 25.7 Å². The van der Waals surface area contributed by atoms with Crippen molar-refractivity contribution in [3.8, 4) is 0 Å². The van der Waals surface area contributed by atoms with Crippen molar-refractivity contribution in [3.05, 3.63) is 28.2 Å². The minimum atomic E-state index is -0.0256. The number of amides is 1. The lowest BCUT2D eigenvalue weighted by Crippen LogP contribution is -2.39. The molecule has 4 heteroatoms. The summed E-state index contributed by atoms with van der Waals surface area (Å²) < 4.78 is 1.00. The average Bonchev–Trinajstić information content (AvgIpc) is 2.81. The highest BCUT2D eigenvalue weighted by molar-refractivity contribution is 9.10. The van der Waals surface area contributed by atoms with Gasteiger partial charge in [0.1, 0.15) is 0 Å². The molecule has 2 N–H and O–H groups in total. The Morgan fingerprint density at radius 2 is 2.10 bits per heavy atom. The van der Waals surface area contributed by atoms with Crippen LogP contribution in [0.5, 0.6) is 0 Å². The molecule has 3 atom stereocenters. The second-order valence-corrected chi connectivity index (χ2v) is 7.03. The summed E-state index contributed by atoms with van der Waals surface area (Å²) in [5.41, 5.74) is 2.02. The number of benzene rings is 1. The van der Waals surface area contributed by atoms with Crippen LogP contribution in [0, 0.1) is 12.8 Å². The first kappa shape index (κ1) is 14.1. The molecule has 0 bridgehead atoms. The number of nitrogens with one attached hydrogen (secondary N) is 2. The van der Waals surface area contributed by atoms with E-state index < -0.39 is 0 Å². The zero-order chi connectivity index (χ0) is 14.1. The van der Waals surface area contributed by atoms with E-state index in [4.69, 9.17) is 0 Å². The van der Waals surface area contributed by atoms with Crippen LogP contribution in [0.25, 0.3) is 0 Å². The van der Waals surface area contributed by atoms with Crippen molar-refractivity contribution in [2.45, 2.75) is 51.1 Å². The smallest absolute Gasteiger partial charge is 0.241 e. The Balaban J connectivity index is 1.64. The molecule has 3 rings (SSSR count). The molecule has 1 heterocycles. The van der Waals surface area contributed by atoms with E-state index in [1.54, 1.807) is 0 Å². The van der Waals surface area contributed by atoms with Gasteiger partial charge in [-0.15, -0.1) is 0 Å². The first-order valence-electron chi connectivity index (χ1n) is 7.46. The Morgan fingerprint density at radius 1 is 1.30 bits per heavy atom. The summed E-state index contributed by atoms with van der Waals surface area (Å²) in [6.45, 7) is 2.03. The van der Waals surface area contributed by atoms with Crippen molar-refractivity contribution >= 4 is 27.5 Å². The summed E-state index contributed by atoms with van der Waals surface area (Å²) in [4.78, 5) is 12.4. The van der Waals surface area contributed by atoms with Crippen LogP contribution in [0.15, 0.2) is 22.7 Å². The van der Waals surface area contributed by atoms with Crippen molar-refractivity contribution in [3.63, 3.8) is 0 Å². The molecule has 1 saturated heterocycles. The zero-order valence-corrected chi connectivity index (χ0v) is 13.4. The average molecular weight is 337 g/mol. The van der Waals surface area contributed by atoms with Crippen molar-refractivity contribution < 1.29 is 4.79 Å². The van der Waals surface area contributed by atoms with Gasteiger partial charge in [0.2, 0.25) is 5.91 Å². The van der Waals surface area contributed by atoms with Gasteiger partial charge < -0.3 is 10.6 Å². The van der Waals surface area contributed by atoms with E-state index in [0.29, 0.717) is 12.0 Å². The predicted molar refractivity (Wildman–Crippen MR) is 84.8 cm³/mol. The summed E-state index contributed by atoms with van der Waals surface area (Å²) in [5, 5.41) is 6.56. The number of carbonyl (C=O) groups is 1. The largest absolute Gasteiger partial charge is 0.325 e. The normalized spacial score (nSPS) is 29.0. The summed E-state index contributed by atoms with van der Waals surface area (Å²) >= 11 is 3.47. The van der Waals surface area contributed by atoms with E-state index in [9.17, 15) is 4.79 Å². The summed E-state index contributed by atoms with van der Waals surface area (Å²) in [5.74, 6) is 0.806. The fraction of sp³-hybridized carbons (Fsp3) is 0.562. The number of anilines is 1. The fourth-order valence-electron chi connectivity index (χ4n) is 3.56. The summed E-state index contributed by atoms with van der Waals surface area (Å²) in [6, 6.07) is 6.53. The van der Waals surface area contributed by atoms with Gasteiger partial charge in [0.05, 0.1) is 6.04 Å². The molecule has 0 spiro atoms. The molecule has 20 heavy (non-hydrogen) atoms. The number of fused-ring (bicyclic) bond motifs is 1. The molecule has 0 aromatic heterocycles. The van der Waals surface area contributed by atoms with Crippen molar-refractivity contribution in [2.75, 3.05) is 5.32 Å². The van der Waals surface area contributed by atoms with Crippen molar-refractivity contribution in [2.24, 2.45) is 5.92 Å². The van der Waals surface area contributed by atoms with Crippen molar-refractivity contribution in [1.82, 2.24) is 5.32 Å². The Morgan fingerprint density at radius 3 is 2.85 bits per heavy atom. The van der Waals surface area contributed by atoms with E-state index in [1.807, 2.05) is 25.1 Å². The van der Waals surface area contributed by atoms with E-state index >= 15 is 0 Å². The van der Waals surface area contributed by atoms with Gasteiger partial charge in [-0.05, 0) is 55.9 Å². The van der Waals surface area contributed by atoms with Crippen LogP contribution in [0.2, 0.25) is 0 Å². The van der Waals surface area contributed by atoms with Gasteiger partial charge in [0.25, 0.3) is 0 Å². The number of carbonyl (C=O) groups excluding carboxylic acids is 1. The number of rotatable bonds is 2. The summed E-state index contributed by atoms with van der Waals surface area (Å²) in [6.07, 6.45) is 6.11. The monoisotopic (exact) mass is 336 g/mol. The maximum absolute atomic E-state index is 12.4. The van der Waals surface area contributed by atoms with Gasteiger partial charge in [-0.3, -0.25) is 4.79 Å². The molecule has 108 valence electrons. The molecule has 1 aliphatic heterocycles. The maximum atomic E-state index is 12.4. The Kier molecular flexibility index (Phi) is 4.13. The molecule has 3 nitrogen and oxygen atoms in total. The van der Waals surface area contributed by atoms with E-state index in [2.05, 4.69) is 26.6 Å². The molecule has 2 fully saturated rings. The fourth-order valence-corrected chi connectivity index (χ4v) is 4.17. The highest BCUT2D eigenvalue weighted by Gasteiger charge is 2.38. The van der Waals surface area contributed by atoms with Crippen LogP contribution in [-0.2, 0) is 4.79 Å². The molecule has 1 aromatic carbocycles. The van der Waals surface area contributed by atoms with Crippen LogP contribution in [0.1, 0.15) is 37.7 Å². The molecular weight excluding hydrogens is 316 g/mol. The third-order valence-corrected chi connectivity index (χ3v) is 4.95. The Bertz CT molecular complexity index is 483. The number of hydrogen-bond donors (Lipinski definition) is 2. The molecule has 1 saturated carbocycles. The number of aryl methyl sites for hydroxylation is 1. The first-order valence-corrected chi connectivity index (χ1v) is 8.25. The van der Waals surface area contributed by atoms with Gasteiger partial charge in [-0.2, -0.15) is 0 Å². The van der Waals surface area contributed by atoms with E-state index in [-0.39, 0.29) is 11.9 Å².